The molecule has 3 rings (SSSR count). The van der Waals surface area contributed by atoms with Crippen LogP contribution in [0.5, 0.6) is 5.75 Å². The number of hydrogen-bond donors (Lipinski definition) is 1. The molecule has 0 bridgehead atoms. The van der Waals surface area contributed by atoms with Crippen molar-refractivity contribution >= 4 is 22.8 Å². The number of hydrogen-bond acceptors (Lipinski definition) is 5. The van der Waals surface area contributed by atoms with E-state index in [9.17, 15) is 0 Å². The summed E-state index contributed by atoms with van der Waals surface area (Å²) in [5.74, 6) is 1.39. The van der Waals surface area contributed by atoms with Gasteiger partial charge in [0.25, 0.3) is 0 Å². The number of allylic oxidation sites excluding steroid dienone is 1. The summed E-state index contributed by atoms with van der Waals surface area (Å²) in [5.41, 5.74) is 3.15. The average molecular weight is 271 g/mol. The molecule has 5 heteroatoms. The number of rotatable bonds is 2. The van der Waals surface area contributed by atoms with Crippen molar-refractivity contribution in [2.75, 3.05) is 26.1 Å². The highest BCUT2D eigenvalue weighted by molar-refractivity contribution is 6.14. The van der Waals surface area contributed by atoms with Crippen LogP contribution >= 0.6 is 0 Å². The maximum Gasteiger partial charge on any atom is 0.155 e. The highest BCUT2D eigenvalue weighted by Crippen LogP contribution is 2.38. The van der Waals surface area contributed by atoms with Gasteiger partial charge in [-0.15, -0.1) is 0 Å². The number of ether oxygens (including phenoxy) is 2. The lowest BCUT2D eigenvalue weighted by atomic mass is 9.98. The fraction of sp³-hybridized carbons (Fsp3) is 0.333. The largest absolute Gasteiger partial charge is 0.453 e. The molecule has 1 N–H and O–H groups in total. The molecule has 20 heavy (non-hydrogen) atoms. The predicted molar refractivity (Wildman–Crippen MR) is 79.7 cm³/mol. The summed E-state index contributed by atoms with van der Waals surface area (Å²) < 4.78 is 11.2. The monoisotopic (exact) mass is 271 g/mol. The third-order valence-corrected chi connectivity index (χ3v) is 3.52. The zero-order valence-electron chi connectivity index (χ0n) is 11.8. The maximum atomic E-state index is 7.92. The van der Waals surface area contributed by atoms with Gasteiger partial charge in [0.15, 0.2) is 11.5 Å². The fourth-order valence-electron chi connectivity index (χ4n) is 2.32. The van der Waals surface area contributed by atoms with E-state index in [1.165, 1.54) is 0 Å². The van der Waals surface area contributed by atoms with Crippen molar-refractivity contribution in [1.82, 2.24) is 0 Å². The van der Waals surface area contributed by atoms with Gasteiger partial charge in [0, 0.05) is 45.5 Å². The molecule has 1 aromatic rings. The van der Waals surface area contributed by atoms with Crippen LogP contribution in [0.2, 0.25) is 0 Å². The Morgan fingerprint density at radius 1 is 1.40 bits per heavy atom. The Kier molecular flexibility index (Phi) is 3.06. The summed E-state index contributed by atoms with van der Waals surface area (Å²) in [7, 11) is 5.58. The van der Waals surface area contributed by atoms with Crippen LogP contribution in [-0.2, 0) is 4.74 Å². The Labute approximate surface area is 118 Å². The van der Waals surface area contributed by atoms with Gasteiger partial charge in [0.05, 0.1) is 11.4 Å². The van der Waals surface area contributed by atoms with Gasteiger partial charge >= 0.3 is 0 Å². The highest BCUT2D eigenvalue weighted by Gasteiger charge is 2.29. The summed E-state index contributed by atoms with van der Waals surface area (Å²) in [5, 5.41) is 7.92. The predicted octanol–water partition coefficient (Wildman–Crippen LogP) is 2.54. The van der Waals surface area contributed by atoms with Gasteiger partial charge in [-0.1, -0.05) is 0 Å². The second kappa shape index (κ2) is 4.76. The highest BCUT2D eigenvalue weighted by atomic mass is 16.5. The lowest BCUT2D eigenvalue weighted by molar-refractivity contribution is 0.160. The fourth-order valence-corrected chi connectivity index (χ4v) is 2.32. The third-order valence-electron chi connectivity index (χ3n) is 3.52. The van der Waals surface area contributed by atoms with Gasteiger partial charge < -0.3 is 19.8 Å². The van der Waals surface area contributed by atoms with Gasteiger partial charge in [0.2, 0.25) is 0 Å². The standard InChI is InChI=1S/C15H17N3O2/c1-18(2)9-4-5-11-14(6-9)20-15-7-10(16)13(19-3)8-12(15)17-11/h4-7,13,16H,8H2,1-3H3/t13-/m1/s1. The molecule has 0 unspecified atom stereocenters. The molecule has 0 amide bonds. The lowest BCUT2D eigenvalue weighted by Gasteiger charge is -2.27. The minimum absolute atomic E-state index is 0.233. The van der Waals surface area contributed by atoms with Crippen LogP contribution in [0.15, 0.2) is 35.0 Å². The van der Waals surface area contributed by atoms with E-state index in [2.05, 4.69) is 4.99 Å². The second-order valence-corrected chi connectivity index (χ2v) is 5.10. The zero-order chi connectivity index (χ0) is 14.3. The van der Waals surface area contributed by atoms with Crippen LogP contribution in [0.25, 0.3) is 0 Å². The smallest absolute Gasteiger partial charge is 0.155 e. The van der Waals surface area contributed by atoms with Gasteiger partial charge in [-0.2, -0.15) is 0 Å². The molecule has 0 spiro atoms. The molecule has 1 atom stereocenters. The van der Waals surface area contributed by atoms with E-state index in [-0.39, 0.29) is 6.10 Å². The Morgan fingerprint density at radius 3 is 2.90 bits per heavy atom. The summed E-state index contributed by atoms with van der Waals surface area (Å²) in [6.45, 7) is 0. The molecular formula is C15H17N3O2. The molecule has 0 saturated carbocycles. The molecule has 0 fully saturated rings. The van der Waals surface area contributed by atoms with Gasteiger partial charge in [0.1, 0.15) is 11.8 Å². The molecule has 1 aliphatic carbocycles. The zero-order valence-corrected chi connectivity index (χ0v) is 11.8. The molecule has 1 aliphatic heterocycles. The van der Waals surface area contributed by atoms with Crippen LogP contribution in [-0.4, -0.2) is 38.7 Å². The maximum absolute atomic E-state index is 7.92. The van der Waals surface area contributed by atoms with Gasteiger partial charge in [-0.25, -0.2) is 4.99 Å². The van der Waals surface area contributed by atoms with Crippen LogP contribution < -0.4 is 9.64 Å². The van der Waals surface area contributed by atoms with Crippen LogP contribution in [0.4, 0.5) is 11.4 Å². The molecule has 104 valence electrons. The Balaban J connectivity index is 2.01. The van der Waals surface area contributed by atoms with Crippen molar-refractivity contribution in [3.8, 4) is 5.75 Å². The van der Waals surface area contributed by atoms with Crippen LogP contribution in [0, 0.1) is 5.41 Å². The van der Waals surface area contributed by atoms with E-state index in [1.807, 2.05) is 37.2 Å². The molecular weight excluding hydrogens is 254 g/mol. The second-order valence-electron chi connectivity index (χ2n) is 5.10. The minimum Gasteiger partial charge on any atom is -0.453 e. The van der Waals surface area contributed by atoms with Crippen molar-refractivity contribution in [1.29, 1.82) is 5.41 Å². The molecule has 0 saturated heterocycles. The van der Waals surface area contributed by atoms with Crippen LogP contribution in [0.3, 0.4) is 0 Å². The van der Waals surface area contributed by atoms with Gasteiger partial charge in [-0.3, -0.25) is 0 Å². The van der Waals surface area contributed by atoms with E-state index >= 15 is 0 Å². The quantitative estimate of drug-likeness (QED) is 0.899. The van der Waals surface area contributed by atoms with E-state index in [1.54, 1.807) is 13.2 Å². The topological polar surface area (TPSA) is 57.9 Å². The first-order valence-electron chi connectivity index (χ1n) is 6.48. The first kappa shape index (κ1) is 12.9. The van der Waals surface area contributed by atoms with E-state index < -0.39 is 0 Å². The van der Waals surface area contributed by atoms with Crippen molar-refractivity contribution < 1.29 is 9.47 Å². The number of nitrogens with one attached hydrogen (secondary N) is 1. The molecule has 1 heterocycles. The van der Waals surface area contributed by atoms with Crippen molar-refractivity contribution in [2.24, 2.45) is 4.99 Å². The summed E-state index contributed by atoms with van der Waals surface area (Å²) >= 11 is 0. The first-order valence-corrected chi connectivity index (χ1v) is 6.48. The molecule has 0 radical (unpaired) electrons. The Morgan fingerprint density at radius 2 is 2.20 bits per heavy atom. The average Bonchev–Trinajstić information content (AvgIpc) is 2.43. The van der Waals surface area contributed by atoms with Gasteiger partial charge in [-0.05, 0) is 12.1 Å². The number of aliphatic imine (C=N–C) groups is 1. The summed E-state index contributed by atoms with van der Waals surface area (Å²) in [6, 6.07) is 5.93. The third kappa shape index (κ3) is 2.10. The van der Waals surface area contributed by atoms with Crippen molar-refractivity contribution in [2.45, 2.75) is 12.5 Å². The molecule has 1 aromatic carbocycles. The van der Waals surface area contributed by atoms with Crippen LogP contribution in [0.1, 0.15) is 6.42 Å². The molecule has 2 aliphatic rings. The van der Waals surface area contributed by atoms with E-state index in [0.29, 0.717) is 17.9 Å². The normalized spacial score (nSPS) is 20.4. The number of anilines is 1. The van der Waals surface area contributed by atoms with Crippen molar-refractivity contribution in [3.05, 3.63) is 30.0 Å². The minimum atomic E-state index is -0.233. The molecule has 5 nitrogen and oxygen atoms in total. The lowest BCUT2D eigenvalue weighted by Crippen LogP contribution is -2.32. The SMILES string of the molecule is CO[C@@H]1CC2=Nc3ccc(N(C)C)cc3OC2=CC1=N. The number of methoxy groups -OCH3 is 1. The Hall–Kier alpha value is -2.14. The summed E-state index contributed by atoms with van der Waals surface area (Å²) in [6.07, 6.45) is 2.04. The number of fused-ring (bicyclic) bond motifs is 2. The molecule has 0 aromatic heterocycles. The first-order chi connectivity index (χ1) is 9.58. The van der Waals surface area contributed by atoms with E-state index in [4.69, 9.17) is 14.9 Å². The van der Waals surface area contributed by atoms with E-state index in [0.717, 1.165) is 22.8 Å². The number of nitrogens with zero attached hydrogens (tertiary/aromatic N) is 2. The summed E-state index contributed by atoms with van der Waals surface area (Å²) in [4.78, 5) is 6.64. The van der Waals surface area contributed by atoms with Crippen molar-refractivity contribution in [3.63, 3.8) is 0 Å². The Bertz CT molecular complexity index is 632. The number of benzene rings is 1.